The molecule has 0 aliphatic carbocycles. The molecule has 0 bridgehead atoms. The molecule has 1 aliphatic rings. The molecule has 1 saturated heterocycles. The van der Waals surface area contributed by atoms with Crippen molar-refractivity contribution in [2.75, 3.05) is 0 Å². The standard InChI is InChI=1S/C13H11F9O5/c1-5(2)7(23)25-6-3-4-10(27-6,13(20,21)22)9(24)26-8(11(14,15)16)12(17,18)19/h6,8H,1,3-4H2,2H3. The van der Waals surface area contributed by atoms with Crippen molar-refractivity contribution in [3.63, 3.8) is 0 Å². The highest BCUT2D eigenvalue weighted by Gasteiger charge is 2.70. The summed E-state index contributed by atoms with van der Waals surface area (Å²) < 4.78 is 126. The third-order valence-electron chi connectivity index (χ3n) is 3.26. The number of carbonyl (C=O) groups is 2. The lowest BCUT2D eigenvalue weighted by Crippen LogP contribution is -2.57. The number of rotatable bonds is 4. The van der Waals surface area contributed by atoms with E-state index >= 15 is 0 Å². The molecule has 14 heteroatoms. The molecule has 1 heterocycles. The molecule has 0 aromatic rings. The minimum absolute atomic E-state index is 0.278. The van der Waals surface area contributed by atoms with Gasteiger partial charge in [-0.05, 0) is 6.92 Å². The molecule has 0 amide bonds. The minimum atomic E-state index is -6.22. The minimum Gasteiger partial charge on any atom is -0.440 e. The first-order chi connectivity index (χ1) is 11.9. The lowest BCUT2D eigenvalue weighted by Gasteiger charge is -2.31. The average Bonchev–Trinajstić information content (AvgIpc) is 2.86. The van der Waals surface area contributed by atoms with Gasteiger partial charge in [-0.3, -0.25) is 0 Å². The highest BCUT2D eigenvalue weighted by atomic mass is 19.4. The van der Waals surface area contributed by atoms with Gasteiger partial charge in [-0.15, -0.1) is 0 Å². The Morgan fingerprint density at radius 1 is 1.07 bits per heavy atom. The number of alkyl halides is 9. The Kier molecular flexibility index (Phi) is 6.15. The van der Waals surface area contributed by atoms with E-state index in [1.165, 1.54) is 0 Å². The van der Waals surface area contributed by atoms with E-state index in [-0.39, 0.29) is 5.57 Å². The maximum Gasteiger partial charge on any atom is 0.434 e. The Balaban J connectivity index is 3.13. The van der Waals surface area contributed by atoms with Crippen molar-refractivity contribution in [3.05, 3.63) is 12.2 Å². The van der Waals surface area contributed by atoms with Crippen LogP contribution in [-0.2, 0) is 23.8 Å². The fourth-order valence-electron chi connectivity index (χ4n) is 1.96. The van der Waals surface area contributed by atoms with Gasteiger partial charge in [-0.25, -0.2) is 9.59 Å². The average molecular weight is 418 g/mol. The molecule has 2 unspecified atom stereocenters. The second-order valence-corrected chi connectivity index (χ2v) is 5.47. The van der Waals surface area contributed by atoms with E-state index < -0.39 is 61.3 Å². The van der Waals surface area contributed by atoms with Crippen LogP contribution < -0.4 is 0 Å². The third kappa shape index (κ3) is 5.05. The second kappa shape index (κ2) is 7.20. The zero-order chi connectivity index (χ0) is 21.4. The molecular formula is C13H11F9O5. The van der Waals surface area contributed by atoms with Gasteiger partial charge in [0.25, 0.3) is 11.7 Å². The summed E-state index contributed by atoms with van der Waals surface area (Å²) in [5.41, 5.74) is -4.44. The first kappa shape index (κ1) is 23.0. The number of hydrogen-bond donors (Lipinski definition) is 0. The molecule has 0 aromatic heterocycles. The van der Waals surface area contributed by atoms with E-state index in [2.05, 4.69) is 20.8 Å². The van der Waals surface area contributed by atoms with Crippen LogP contribution in [0.1, 0.15) is 19.8 Å². The molecule has 0 radical (unpaired) electrons. The van der Waals surface area contributed by atoms with E-state index in [1.54, 1.807) is 0 Å². The van der Waals surface area contributed by atoms with E-state index in [0.29, 0.717) is 0 Å². The van der Waals surface area contributed by atoms with Gasteiger partial charge in [0.1, 0.15) is 0 Å². The van der Waals surface area contributed by atoms with Gasteiger partial charge in [0.2, 0.25) is 6.29 Å². The monoisotopic (exact) mass is 418 g/mol. The van der Waals surface area contributed by atoms with Crippen molar-refractivity contribution in [1.29, 1.82) is 0 Å². The summed E-state index contributed by atoms with van der Waals surface area (Å²) in [6.45, 7) is 4.23. The zero-order valence-corrected chi connectivity index (χ0v) is 13.2. The van der Waals surface area contributed by atoms with Crippen molar-refractivity contribution < 1.29 is 63.3 Å². The molecular weight excluding hydrogens is 407 g/mol. The van der Waals surface area contributed by atoms with Gasteiger partial charge in [-0.1, -0.05) is 6.58 Å². The van der Waals surface area contributed by atoms with Crippen LogP contribution in [0.5, 0.6) is 0 Å². The summed E-state index contributed by atoms with van der Waals surface area (Å²) in [7, 11) is 0. The summed E-state index contributed by atoms with van der Waals surface area (Å²) >= 11 is 0. The molecule has 1 fully saturated rings. The quantitative estimate of drug-likeness (QED) is 0.397. The van der Waals surface area contributed by atoms with Crippen LogP contribution in [0.3, 0.4) is 0 Å². The van der Waals surface area contributed by atoms with Gasteiger partial charge >= 0.3 is 30.5 Å². The van der Waals surface area contributed by atoms with Gasteiger partial charge < -0.3 is 14.2 Å². The third-order valence-corrected chi connectivity index (χ3v) is 3.26. The Bertz CT molecular complexity index is 593. The predicted molar refractivity (Wildman–Crippen MR) is 65.8 cm³/mol. The Morgan fingerprint density at radius 2 is 1.56 bits per heavy atom. The molecule has 0 spiro atoms. The van der Waals surface area contributed by atoms with Crippen LogP contribution in [0.2, 0.25) is 0 Å². The molecule has 0 saturated carbocycles. The Labute approximate surface area is 145 Å². The number of esters is 2. The van der Waals surface area contributed by atoms with E-state index in [0.717, 1.165) is 6.92 Å². The molecule has 0 N–H and O–H groups in total. The van der Waals surface area contributed by atoms with Crippen molar-refractivity contribution in [2.45, 2.75) is 56.3 Å². The van der Waals surface area contributed by atoms with Crippen LogP contribution in [0, 0.1) is 0 Å². The SMILES string of the molecule is C=C(C)C(=O)OC1CCC(C(=O)OC(C(F)(F)F)C(F)(F)F)(C(F)(F)F)O1. The highest BCUT2D eigenvalue weighted by molar-refractivity contribution is 5.87. The molecule has 5 nitrogen and oxygen atoms in total. The second-order valence-electron chi connectivity index (χ2n) is 5.47. The van der Waals surface area contributed by atoms with Crippen molar-refractivity contribution >= 4 is 11.9 Å². The van der Waals surface area contributed by atoms with Gasteiger partial charge in [-0.2, -0.15) is 39.5 Å². The normalized spacial score (nSPS) is 24.0. The maximum absolute atomic E-state index is 13.2. The molecule has 1 aliphatic heterocycles. The lowest BCUT2D eigenvalue weighted by atomic mass is 9.99. The summed E-state index contributed by atoms with van der Waals surface area (Å²) in [5, 5.41) is 0. The summed E-state index contributed by atoms with van der Waals surface area (Å²) in [4.78, 5) is 22.9. The van der Waals surface area contributed by atoms with Gasteiger partial charge in [0.15, 0.2) is 0 Å². The van der Waals surface area contributed by atoms with Gasteiger partial charge in [0.05, 0.1) is 0 Å². The summed E-state index contributed by atoms with van der Waals surface area (Å²) in [5.74, 6) is -4.20. The van der Waals surface area contributed by atoms with Crippen molar-refractivity contribution in [1.82, 2.24) is 0 Å². The van der Waals surface area contributed by atoms with E-state index in [9.17, 15) is 49.1 Å². The smallest absolute Gasteiger partial charge is 0.434 e. The van der Waals surface area contributed by atoms with Crippen LogP contribution in [0.25, 0.3) is 0 Å². The van der Waals surface area contributed by atoms with Crippen molar-refractivity contribution in [3.8, 4) is 0 Å². The van der Waals surface area contributed by atoms with Crippen LogP contribution in [0.15, 0.2) is 12.2 Å². The zero-order valence-electron chi connectivity index (χ0n) is 13.2. The maximum atomic E-state index is 13.2. The van der Waals surface area contributed by atoms with Crippen LogP contribution in [-0.4, -0.2) is 48.5 Å². The Morgan fingerprint density at radius 3 is 1.93 bits per heavy atom. The number of halogens is 9. The van der Waals surface area contributed by atoms with Crippen LogP contribution >= 0.6 is 0 Å². The molecule has 1 rings (SSSR count). The topological polar surface area (TPSA) is 61.8 Å². The Hall–Kier alpha value is -1.99. The lowest BCUT2D eigenvalue weighted by molar-refractivity contribution is -0.331. The van der Waals surface area contributed by atoms with Gasteiger partial charge in [0, 0.05) is 18.4 Å². The molecule has 156 valence electrons. The summed E-state index contributed by atoms with van der Waals surface area (Å²) in [6, 6.07) is 0. The first-order valence-electron chi connectivity index (χ1n) is 6.87. The van der Waals surface area contributed by atoms with Crippen LogP contribution in [0.4, 0.5) is 39.5 Å². The number of carbonyl (C=O) groups excluding carboxylic acids is 2. The van der Waals surface area contributed by atoms with E-state index in [4.69, 9.17) is 0 Å². The number of hydrogen-bond acceptors (Lipinski definition) is 5. The molecule has 27 heavy (non-hydrogen) atoms. The van der Waals surface area contributed by atoms with E-state index in [1.807, 2.05) is 0 Å². The molecule has 2 atom stereocenters. The molecule has 0 aromatic carbocycles. The highest BCUT2D eigenvalue weighted by Crippen LogP contribution is 2.46. The fraction of sp³-hybridized carbons (Fsp3) is 0.692. The number of ether oxygens (including phenoxy) is 3. The fourth-order valence-corrected chi connectivity index (χ4v) is 1.96. The summed E-state index contributed by atoms with van der Waals surface area (Å²) in [6.07, 6.45) is -27.3. The first-order valence-corrected chi connectivity index (χ1v) is 6.87. The predicted octanol–water partition coefficient (Wildman–Crippen LogP) is 3.58. The van der Waals surface area contributed by atoms with Crippen molar-refractivity contribution in [2.24, 2.45) is 0 Å². The largest absolute Gasteiger partial charge is 0.440 e.